The van der Waals surface area contributed by atoms with E-state index in [9.17, 15) is 4.79 Å². The standard InChI is InChI=1S/C17H18N6O3S2/c1-4-23-14(11-5-6-12-13(7-11)26-8-25-12)20-22-17(23)27-9(2)15(24)18-16-21-19-10(3)28-16/h5-7,9H,4,8H2,1-3H3,(H,18,21,24)/t9-/m0/s1. The van der Waals surface area contributed by atoms with Crippen molar-refractivity contribution in [1.82, 2.24) is 25.0 Å². The molecule has 0 radical (unpaired) electrons. The highest BCUT2D eigenvalue weighted by Crippen LogP contribution is 2.36. The van der Waals surface area contributed by atoms with E-state index in [4.69, 9.17) is 9.47 Å². The lowest BCUT2D eigenvalue weighted by molar-refractivity contribution is -0.115. The molecule has 3 heterocycles. The summed E-state index contributed by atoms with van der Waals surface area (Å²) in [5.41, 5.74) is 0.881. The van der Waals surface area contributed by atoms with Gasteiger partial charge < -0.3 is 14.0 Å². The average Bonchev–Trinajstić information content (AvgIpc) is 3.40. The van der Waals surface area contributed by atoms with Gasteiger partial charge >= 0.3 is 0 Å². The summed E-state index contributed by atoms with van der Waals surface area (Å²) < 4.78 is 12.8. The first-order valence-corrected chi connectivity index (χ1v) is 10.4. The predicted octanol–water partition coefficient (Wildman–Crippen LogP) is 2.97. The van der Waals surface area contributed by atoms with E-state index in [-0.39, 0.29) is 18.0 Å². The van der Waals surface area contributed by atoms with Crippen LogP contribution < -0.4 is 14.8 Å². The Labute approximate surface area is 169 Å². The summed E-state index contributed by atoms with van der Waals surface area (Å²) in [7, 11) is 0. The van der Waals surface area contributed by atoms with Gasteiger partial charge in [-0.3, -0.25) is 10.1 Å². The van der Waals surface area contributed by atoms with Crippen molar-refractivity contribution in [3.8, 4) is 22.9 Å². The van der Waals surface area contributed by atoms with E-state index in [0.717, 1.165) is 22.1 Å². The molecule has 0 spiro atoms. The number of nitrogens with zero attached hydrogens (tertiary/aromatic N) is 5. The number of carbonyl (C=O) groups excluding carboxylic acids is 1. The van der Waals surface area contributed by atoms with Crippen LogP contribution in [-0.4, -0.2) is 42.9 Å². The number of aryl methyl sites for hydroxylation is 1. The molecule has 28 heavy (non-hydrogen) atoms. The number of carbonyl (C=O) groups is 1. The number of thioether (sulfide) groups is 1. The normalized spacial score (nSPS) is 13.5. The maximum absolute atomic E-state index is 12.4. The van der Waals surface area contributed by atoms with Crippen LogP contribution in [0.15, 0.2) is 23.4 Å². The molecule has 0 saturated heterocycles. The second kappa shape index (κ2) is 7.76. The molecule has 0 unspecified atom stereocenters. The van der Waals surface area contributed by atoms with Crippen molar-refractivity contribution in [2.24, 2.45) is 0 Å². The predicted molar refractivity (Wildman–Crippen MR) is 106 cm³/mol. The lowest BCUT2D eigenvalue weighted by Gasteiger charge is -2.11. The molecule has 1 aliphatic rings. The first-order chi connectivity index (χ1) is 13.5. The van der Waals surface area contributed by atoms with Crippen LogP contribution in [0, 0.1) is 6.92 Å². The number of fused-ring (bicyclic) bond motifs is 1. The molecule has 4 rings (SSSR count). The smallest absolute Gasteiger partial charge is 0.239 e. The third-order valence-corrected chi connectivity index (χ3v) is 5.91. The van der Waals surface area contributed by atoms with Crippen LogP contribution in [0.5, 0.6) is 11.5 Å². The van der Waals surface area contributed by atoms with Crippen LogP contribution in [0.25, 0.3) is 11.4 Å². The molecule has 0 saturated carbocycles. The Bertz CT molecular complexity index is 1020. The van der Waals surface area contributed by atoms with Crippen molar-refractivity contribution >= 4 is 34.1 Å². The fourth-order valence-corrected chi connectivity index (χ4v) is 4.18. The van der Waals surface area contributed by atoms with Gasteiger partial charge in [0, 0.05) is 12.1 Å². The Kier molecular flexibility index (Phi) is 5.18. The Hall–Kier alpha value is -2.66. The third-order valence-electron chi connectivity index (χ3n) is 4.07. The van der Waals surface area contributed by atoms with Gasteiger partial charge in [0.1, 0.15) is 5.01 Å². The molecule has 1 N–H and O–H groups in total. The van der Waals surface area contributed by atoms with E-state index in [2.05, 4.69) is 25.7 Å². The highest BCUT2D eigenvalue weighted by Gasteiger charge is 2.22. The second-order valence-electron chi connectivity index (χ2n) is 5.99. The molecular formula is C17H18N6O3S2. The van der Waals surface area contributed by atoms with Gasteiger partial charge in [0.05, 0.1) is 5.25 Å². The minimum absolute atomic E-state index is 0.156. The zero-order chi connectivity index (χ0) is 19.7. The van der Waals surface area contributed by atoms with Crippen LogP contribution >= 0.6 is 23.1 Å². The first kappa shape index (κ1) is 18.7. The molecule has 1 aromatic carbocycles. The van der Waals surface area contributed by atoms with Gasteiger partial charge in [-0.25, -0.2) is 0 Å². The van der Waals surface area contributed by atoms with Crippen LogP contribution in [0.1, 0.15) is 18.9 Å². The van der Waals surface area contributed by atoms with Crippen LogP contribution in [0.4, 0.5) is 5.13 Å². The van der Waals surface area contributed by atoms with Gasteiger partial charge in [0.2, 0.25) is 17.8 Å². The summed E-state index contributed by atoms with van der Waals surface area (Å²) in [6, 6.07) is 5.67. The second-order valence-corrected chi connectivity index (χ2v) is 8.48. The van der Waals surface area contributed by atoms with Crippen molar-refractivity contribution in [2.45, 2.75) is 37.7 Å². The van der Waals surface area contributed by atoms with Crippen molar-refractivity contribution in [2.75, 3.05) is 12.1 Å². The van der Waals surface area contributed by atoms with E-state index >= 15 is 0 Å². The molecule has 2 aromatic heterocycles. The van der Waals surface area contributed by atoms with Gasteiger partial charge in [-0.2, -0.15) is 0 Å². The summed E-state index contributed by atoms with van der Waals surface area (Å²) in [6.45, 7) is 6.57. The number of benzene rings is 1. The Morgan fingerprint density at radius 2 is 2.11 bits per heavy atom. The topological polar surface area (TPSA) is 104 Å². The summed E-state index contributed by atoms with van der Waals surface area (Å²) in [5, 5.41) is 20.8. The zero-order valence-corrected chi connectivity index (χ0v) is 17.1. The highest BCUT2D eigenvalue weighted by atomic mass is 32.2. The molecule has 3 aromatic rings. The molecular weight excluding hydrogens is 400 g/mol. The number of nitrogens with one attached hydrogen (secondary N) is 1. The number of aromatic nitrogens is 5. The Morgan fingerprint density at radius 1 is 1.29 bits per heavy atom. The van der Waals surface area contributed by atoms with E-state index < -0.39 is 0 Å². The van der Waals surface area contributed by atoms with Gasteiger partial charge in [0.25, 0.3) is 0 Å². The molecule has 146 valence electrons. The zero-order valence-electron chi connectivity index (χ0n) is 15.5. The SMILES string of the molecule is CCn1c(S[C@@H](C)C(=O)Nc2nnc(C)s2)nnc1-c1ccc2c(c1)OCO2. The van der Waals surface area contributed by atoms with Crippen molar-refractivity contribution in [3.63, 3.8) is 0 Å². The van der Waals surface area contributed by atoms with Gasteiger partial charge in [-0.15, -0.1) is 20.4 Å². The molecule has 1 aliphatic heterocycles. The molecule has 0 fully saturated rings. The van der Waals surface area contributed by atoms with Crippen molar-refractivity contribution in [1.29, 1.82) is 0 Å². The first-order valence-electron chi connectivity index (χ1n) is 8.66. The maximum atomic E-state index is 12.4. The summed E-state index contributed by atoms with van der Waals surface area (Å²) in [5.74, 6) is 1.97. The fraction of sp³-hybridized carbons (Fsp3) is 0.353. The molecule has 1 atom stereocenters. The molecule has 9 nitrogen and oxygen atoms in total. The van der Waals surface area contributed by atoms with E-state index in [0.29, 0.717) is 22.6 Å². The molecule has 1 amide bonds. The average molecular weight is 419 g/mol. The molecule has 0 bridgehead atoms. The van der Waals surface area contributed by atoms with Gasteiger partial charge in [0.15, 0.2) is 22.5 Å². The number of rotatable bonds is 6. The fourth-order valence-electron chi connectivity index (χ4n) is 2.68. The molecule has 0 aliphatic carbocycles. The maximum Gasteiger partial charge on any atom is 0.239 e. The van der Waals surface area contributed by atoms with E-state index in [1.807, 2.05) is 43.5 Å². The number of hydrogen-bond acceptors (Lipinski definition) is 9. The number of anilines is 1. The summed E-state index contributed by atoms with van der Waals surface area (Å²) in [4.78, 5) is 12.4. The molecule has 11 heteroatoms. The minimum atomic E-state index is -0.372. The van der Waals surface area contributed by atoms with E-state index in [1.54, 1.807) is 0 Å². The van der Waals surface area contributed by atoms with Gasteiger partial charge in [-0.1, -0.05) is 23.1 Å². The third kappa shape index (κ3) is 3.67. The lowest BCUT2D eigenvalue weighted by Crippen LogP contribution is -2.22. The number of amides is 1. The number of hydrogen-bond donors (Lipinski definition) is 1. The lowest BCUT2D eigenvalue weighted by atomic mass is 10.2. The highest BCUT2D eigenvalue weighted by molar-refractivity contribution is 8.00. The Morgan fingerprint density at radius 3 is 2.86 bits per heavy atom. The van der Waals surface area contributed by atoms with Crippen LogP contribution in [0.3, 0.4) is 0 Å². The summed E-state index contributed by atoms with van der Waals surface area (Å²) in [6.07, 6.45) is 0. The van der Waals surface area contributed by atoms with Crippen molar-refractivity contribution < 1.29 is 14.3 Å². The van der Waals surface area contributed by atoms with E-state index in [1.165, 1.54) is 23.1 Å². The number of ether oxygens (including phenoxy) is 2. The monoisotopic (exact) mass is 418 g/mol. The van der Waals surface area contributed by atoms with Crippen LogP contribution in [-0.2, 0) is 11.3 Å². The van der Waals surface area contributed by atoms with Crippen molar-refractivity contribution in [3.05, 3.63) is 23.2 Å². The quantitative estimate of drug-likeness (QED) is 0.609. The van der Waals surface area contributed by atoms with Gasteiger partial charge in [-0.05, 0) is 39.0 Å². The largest absolute Gasteiger partial charge is 0.454 e. The Balaban J connectivity index is 1.51. The van der Waals surface area contributed by atoms with Crippen LogP contribution in [0.2, 0.25) is 0 Å². The minimum Gasteiger partial charge on any atom is -0.454 e. The summed E-state index contributed by atoms with van der Waals surface area (Å²) >= 11 is 2.69.